The van der Waals surface area contributed by atoms with Crippen LogP contribution in [-0.4, -0.2) is 45.8 Å². The first-order valence-electron chi connectivity index (χ1n) is 8.88. The Morgan fingerprint density at radius 1 is 1.11 bits per heavy atom. The van der Waals surface area contributed by atoms with Gasteiger partial charge in [0.25, 0.3) is 5.91 Å². The van der Waals surface area contributed by atoms with Crippen LogP contribution in [0.15, 0.2) is 24.3 Å². The SMILES string of the molecule is CNC(=O)c1ccc(-c2cc(OC)c(OC)c(OC)c2)nc1NCC1CC1. The van der Waals surface area contributed by atoms with E-state index >= 15 is 0 Å². The van der Waals surface area contributed by atoms with Gasteiger partial charge in [-0.25, -0.2) is 4.98 Å². The first-order valence-corrected chi connectivity index (χ1v) is 8.88. The van der Waals surface area contributed by atoms with Crippen molar-refractivity contribution in [3.63, 3.8) is 0 Å². The van der Waals surface area contributed by atoms with Crippen LogP contribution in [-0.2, 0) is 0 Å². The van der Waals surface area contributed by atoms with E-state index in [-0.39, 0.29) is 5.91 Å². The number of nitrogens with zero attached hydrogens (tertiary/aromatic N) is 1. The Bertz CT molecular complexity index is 809. The molecule has 0 saturated heterocycles. The molecule has 0 aliphatic heterocycles. The van der Waals surface area contributed by atoms with Gasteiger partial charge in [0.1, 0.15) is 5.82 Å². The molecule has 1 fully saturated rings. The van der Waals surface area contributed by atoms with Crippen molar-refractivity contribution in [2.24, 2.45) is 5.92 Å². The van der Waals surface area contributed by atoms with Gasteiger partial charge in [-0.05, 0) is 43.0 Å². The van der Waals surface area contributed by atoms with Gasteiger partial charge in [-0.2, -0.15) is 0 Å². The van der Waals surface area contributed by atoms with Crippen LogP contribution in [0.1, 0.15) is 23.2 Å². The summed E-state index contributed by atoms with van der Waals surface area (Å²) in [6, 6.07) is 7.27. The molecule has 144 valence electrons. The molecule has 1 aromatic carbocycles. The quantitative estimate of drug-likeness (QED) is 0.742. The van der Waals surface area contributed by atoms with Gasteiger partial charge in [0.15, 0.2) is 11.5 Å². The number of rotatable bonds is 8. The number of hydrogen-bond donors (Lipinski definition) is 2. The summed E-state index contributed by atoms with van der Waals surface area (Å²) in [5.74, 6) is 2.70. The summed E-state index contributed by atoms with van der Waals surface area (Å²) >= 11 is 0. The second-order valence-corrected chi connectivity index (χ2v) is 6.41. The number of methoxy groups -OCH3 is 3. The zero-order valence-electron chi connectivity index (χ0n) is 16.1. The highest BCUT2D eigenvalue weighted by atomic mass is 16.5. The molecule has 3 rings (SSSR count). The molecule has 7 nitrogen and oxygen atoms in total. The highest BCUT2D eigenvalue weighted by Gasteiger charge is 2.23. The molecule has 1 aromatic heterocycles. The molecule has 1 heterocycles. The summed E-state index contributed by atoms with van der Waals surface area (Å²) in [5, 5.41) is 5.98. The van der Waals surface area contributed by atoms with Crippen LogP contribution in [0.5, 0.6) is 17.2 Å². The summed E-state index contributed by atoms with van der Waals surface area (Å²) in [7, 11) is 6.33. The first kappa shape index (κ1) is 18.8. The second kappa shape index (κ2) is 8.16. The van der Waals surface area contributed by atoms with Crippen LogP contribution in [0, 0.1) is 5.92 Å². The molecule has 1 saturated carbocycles. The van der Waals surface area contributed by atoms with E-state index in [1.54, 1.807) is 34.4 Å². The number of nitrogens with one attached hydrogen (secondary N) is 2. The maximum absolute atomic E-state index is 12.2. The Morgan fingerprint density at radius 2 is 1.78 bits per heavy atom. The average Bonchev–Trinajstić information content (AvgIpc) is 3.54. The van der Waals surface area contributed by atoms with Crippen LogP contribution >= 0.6 is 0 Å². The Morgan fingerprint density at radius 3 is 2.30 bits per heavy atom. The van der Waals surface area contributed by atoms with Crippen molar-refractivity contribution in [1.29, 1.82) is 0 Å². The van der Waals surface area contributed by atoms with Gasteiger partial charge in [0, 0.05) is 19.2 Å². The highest BCUT2D eigenvalue weighted by Crippen LogP contribution is 2.41. The number of benzene rings is 1. The molecular weight excluding hydrogens is 346 g/mol. The van der Waals surface area contributed by atoms with E-state index in [0.717, 1.165) is 12.1 Å². The Kier molecular flexibility index (Phi) is 5.69. The standard InChI is InChI=1S/C20H25N3O4/c1-21-20(24)14-7-8-15(23-19(14)22-11-12-5-6-12)13-9-16(25-2)18(27-4)17(10-13)26-3/h7-10,12H,5-6,11H2,1-4H3,(H,21,24)(H,22,23). The molecule has 27 heavy (non-hydrogen) atoms. The molecule has 0 radical (unpaired) electrons. The minimum absolute atomic E-state index is 0.169. The van der Waals surface area contributed by atoms with Crippen molar-refractivity contribution in [2.75, 3.05) is 40.2 Å². The molecule has 1 aliphatic rings. The largest absolute Gasteiger partial charge is 0.493 e. The fourth-order valence-corrected chi connectivity index (χ4v) is 2.86. The maximum atomic E-state index is 12.2. The van der Waals surface area contributed by atoms with Crippen molar-refractivity contribution in [3.8, 4) is 28.5 Å². The van der Waals surface area contributed by atoms with Crippen LogP contribution in [0.3, 0.4) is 0 Å². The zero-order valence-corrected chi connectivity index (χ0v) is 16.1. The second-order valence-electron chi connectivity index (χ2n) is 6.41. The lowest BCUT2D eigenvalue weighted by Gasteiger charge is -2.15. The van der Waals surface area contributed by atoms with Crippen molar-refractivity contribution in [2.45, 2.75) is 12.8 Å². The molecule has 1 amide bonds. The highest BCUT2D eigenvalue weighted by molar-refractivity contribution is 5.99. The van der Waals surface area contributed by atoms with Crippen LogP contribution in [0.25, 0.3) is 11.3 Å². The molecule has 2 N–H and O–H groups in total. The molecular formula is C20H25N3O4. The van der Waals surface area contributed by atoms with E-state index in [2.05, 4.69) is 10.6 Å². The molecule has 0 unspecified atom stereocenters. The predicted molar refractivity (Wildman–Crippen MR) is 104 cm³/mol. The number of hydrogen-bond acceptors (Lipinski definition) is 6. The number of amides is 1. The number of ether oxygens (including phenoxy) is 3. The summed E-state index contributed by atoms with van der Waals surface area (Å²) in [4.78, 5) is 16.9. The lowest BCUT2D eigenvalue weighted by Crippen LogP contribution is -2.21. The number of aromatic nitrogens is 1. The first-order chi connectivity index (χ1) is 13.1. The lowest BCUT2D eigenvalue weighted by molar-refractivity contribution is 0.0963. The van der Waals surface area contributed by atoms with Gasteiger partial charge in [0.2, 0.25) is 5.75 Å². The fourth-order valence-electron chi connectivity index (χ4n) is 2.86. The Labute approximate surface area is 159 Å². The zero-order chi connectivity index (χ0) is 19.4. The van der Waals surface area contributed by atoms with Crippen molar-refractivity contribution >= 4 is 11.7 Å². The van der Waals surface area contributed by atoms with E-state index in [1.807, 2.05) is 18.2 Å². The van der Waals surface area contributed by atoms with Crippen LogP contribution in [0.4, 0.5) is 5.82 Å². The van der Waals surface area contributed by atoms with Gasteiger partial charge in [-0.1, -0.05) is 0 Å². The van der Waals surface area contributed by atoms with Crippen molar-refractivity contribution < 1.29 is 19.0 Å². The molecule has 0 spiro atoms. The van der Waals surface area contributed by atoms with Crippen LogP contribution < -0.4 is 24.8 Å². The number of carbonyl (C=O) groups is 1. The normalized spacial score (nSPS) is 13.0. The average molecular weight is 371 g/mol. The number of carbonyl (C=O) groups excluding carboxylic acids is 1. The third-order valence-corrected chi connectivity index (χ3v) is 4.58. The smallest absolute Gasteiger partial charge is 0.254 e. The molecule has 0 atom stereocenters. The summed E-state index contributed by atoms with van der Waals surface area (Å²) < 4.78 is 16.2. The topological polar surface area (TPSA) is 81.7 Å². The van der Waals surface area contributed by atoms with Crippen molar-refractivity contribution in [3.05, 3.63) is 29.8 Å². The summed E-state index contributed by atoms with van der Waals surface area (Å²) in [5.41, 5.74) is 2.04. The number of pyridine rings is 1. The Hall–Kier alpha value is -2.96. The molecule has 7 heteroatoms. The van der Waals surface area contributed by atoms with E-state index < -0.39 is 0 Å². The number of anilines is 1. The molecule has 1 aliphatic carbocycles. The minimum atomic E-state index is -0.169. The molecule has 2 aromatic rings. The van der Waals surface area contributed by atoms with E-state index in [9.17, 15) is 4.79 Å². The summed E-state index contributed by atoms with van der Waals surface area (Å²) in [6.45, 7) is 0.815. The maximum Gasteiger partial charge on any atom is 0.254 e. The third-order valence-electron chi connectivity index (χ3n) is 4.58. The van der Waals surface area contributed by atoms with Gasteiger partial charge >= 0.3 is 0 Å². The van der Waals surface area contributed by atoms with E-state index in [4.69, 9.17) is 19.2 Å². The van der Waals surface area contributed by atoms with Crippen molar-refractivity contribution in [1.82, 2.24) is 10.3 Å². The third kappa shape index (κ3) is 4.07. The summed E-state index contributed by atoms with van der Waals surface area (Å²) in [6.07, 6.45) is 2.43. The monoisotopic (exact) mass is 371 g/mol. The lowest BCUT2D eigenvalue weighted by atomic mass is 10.1. The van der Waals surface area contributed by atoms with Gasteiger partial charge in [-0.15, -0.1) is 0 Å². The van der Waals surface area contributed by atoms with E-state index in [1.165, 1.54) is 12.8 Å². The van der Waals surface area contributed by atoms with Gasteiger partial charge in [0.05, 0.1) is 32.6 Å². The Balaban J connectivity index is 2.02. The van der Waals surface area contributed by atoms with E-state index in [0.29, 0.717) is 40.2 Å². The van der Waals surface area contributed by atoms with Gasteiger partial charge in [-0.3, -0.25) is 4.79 Å². The van der Waals surface area contributed by atoms with Crippen LogP contribution in [0.2, 0.25) is 0 Å². The fraction of sp³-hybridized carbons (Fsp3) is 0.400. The minimum Gasteiger partial charge on any atom is -0.493 e. The molecule has 0 bridgehead atoms. The predicted octanol–water partition coefficient (Wildman–Crippen LogP) is 2.96. The van der Waals surface area contributed by atoms with Gasteiger partial charge < -0.3 is 24.8 Å².